The summed E-state index contributed by atoms with van der Waals surface area (Å²) in [6.07, 6.45) is 1.80. The van der Waals surface area contributed by atoms with Gasteiger partial charge in [0, 0.05) is 18.9 Å². The number of carbonyl (C=O) groups excluding carboxylic acids is 1. The highest BCUT2D eigenvalue weighted by Gasteiger charge is 2.26. The number of rotatable bonds is 3. The van der Waals surface area contributed by atoms with E-state index >= 15 is 0 Å². The molecule has 1 aromatic carbocycles. The van der Waals surface area contributed by atoms with Crippen LogP contribution in [0.5, 0.6) is 0 Å². The minimum atomic E-state index is -1.05. The Morgan fingerprint density at radius 1 is 1.17 bits per heavy atom. The summed E-state index contributed by atoms with van der Waals surface area (Å²) in [4.78, 5) is 42.6. The SMILES string of the molecule is COC(=O)[C@@H](C)n1c(=O)c2c(nc3n(-c4ccccc4C)c(C)cn23)n(C)c1=O. The van der Waals surface area contributed by atoms with Crippen LogP contribution in [-0.4, -0.2) is 36.2 Å². The van der Waals surface area contributed by atoms with Crippen LogP contribution in [0.15, 0.2) is 40.1 Å². The van der Waals surface area contributed by atoms with E-state index in [-0.39, 0.29) is 11.2 Å². The quantitative estimate of drug-likeness (QED) is 0.490. The van der Waals surface area contributed by atoms with E-state index < -0.39 is 23.3 Å². The van der Waals surface area contributed by atoms with Gasteiger partial charge in [-0.2, -0.15) is 4.98 Å². The zero-order valence-electron chi connectivity index (χ0n) is 16.8. The van der Waals surface area contributed by atoms with Gasteiger partial charge in [0.15, 0.2) is 11.2 Å². The van der Waals surface area contributed by atoms with Crippen molar-refractivity contribution in [2.45, 2.75) is 26.8 Å². The standard InChI is InChI=1S/C20H21N5O4/c1-11-8-6-7-9-14(11)24-12(2)10-23-15-16(21-19(23)24)22(4)20(28)25(17(15)26)13(3)18(27)29-5/h6-10,13H,1-5H3/t13-/m1/s1. The molecule has 0 bridgehead atoms. The first-order valence-electron chi connectivity index (χ1n) is 9.13. The van der Waals surface area contributed by atoms with Gasteiger partial charge in [0.25, 0.3) is 5.56 Å². The molecule has 0 aliphatic rings. The molecule has 29 heavy (non-hydrogen) atoms. The number of hydrogen-bond donors (Lipinski definition) is 0. The molecule has 0 aliphatic heterocycles. The van der Waals surface area contributed by atoms with E-state index in [0.29, 0.717) is 5.78 Å². The van der Waals surface area contributed by atoms with E-state index in [2.05, 4.69) is 4.98 Å². The zero-order chi connectivity index (χ0) is 21.0. The molecule has 1 atom stereocenters. The Kier molecular flexibility index (Phi) is 4.18. The summed E-state index contributed by atoms with van der Waals surface area (Å²) in [5, 5.41) is 0. The number of methoxy groups -OCH3 is 1. The summed E-state index contributed by atoms with van der Waals surface area (Å²) in [7, 11) is 2.75. The molecular formula is C20H21N5O4. The Bertz CT molecular complexity index is 1400. The highest BCUT2D eigenvalue weighted by Crippen LogP contribution is 2.23. The Morgan fingerprint density at radius 3 is 2.52 bits per heavy atom. The molecule has 0 saturated carbocycles. The van der Waals surface area contributed by atoms with Crippen molar-refractivity contribution < 1.29 is 9.53 Å². The minimum absolute atomic E-state index is 0.230. The maximum absolute atomic E-state index is 13.2. The lowest BCUT2D eigenvalue weighted by Gasteiger charge is -2.13. The van der Waals surface area contributed by atoms with Crippen molar-refractivity contribution in [3.8, 4) is 5.69 Å². The normalized spacial score (nSPS) is 12.6. The van der Waals surface area contributed by atoms with Gasteiger partial charge in [0.1, 0.15) is 6.04 Å². The Hall–Kier alpha value is -3.62. The van der Waals surface area contributed by atoms with Crippen LogP contribution < -0.4 is 11.2 Å². The molecule has 9 heteroatoms. The van der Waals surface area contributed by atoms with Gasteiger partial charge in [-0.25, -0.2) is 14.2 Å². The third-order valence-electron chi connectivity index (χ3n) is 5.26. The molecule has 4 aromatic rings. The second-order valence-corrected chi connectivity index (χ2v) is 7.06. The van der Waals surface area contributed by atoms with Crippen LogP contribution in [0.1, 0.15) is 24.2 Å². The fourth-order valence-electron chi connectivity index (χ4n) is 3.71. The summed E-state index contributed by atoms with van der Waals surface area (Å²) >= 11 is 0. The summed E-state index contributed by atoms with van der Waals surface area (Å²) < 4.78 is 10.5. The first kappa shape index (κ1) is 18.7. The number of para-hydroxylation sites is 1. The number of nitrogens with zero attached hydrogens (tertiary/aromatic N) is 5. The highest BCUT2D eigenvalue weighted by molar-refractivity contribution is 5.78. The summed E-state index contributed by atoms with van der Waals surface area (Å²) in [6.45, 7) is 5.38. The van der Waals surface area contributed by atoms with Gasteiger partial charge in [0.05, 0.1) is 12.8 Å². The van der Waals surface area contributed by atoms with Gasteiger partial charge < -0.3 is 4.74 Å². The number of benzene rings is 1. The number of fused-ring (bicyclic) bond motifs is 3. The molecule has 9 nitrogen and oxygen atoms in total. The van der Waals surface area contributed by atoms with Crippen molar-refractivity contribution in [3.63, 3.8) is 0 Å². The number of aryl methyl sites for hydroxylation is 3. The molecule has 0 amide bonds. The average molecular weight is 395 g/mol. The Balaban J connectivity index is 2.14. The summed E-state index contributed by atoms with van der Waals surface area (Å²) in [5.74, 6) is -0.152. The number of esters is 1. The first-order chi connectivity index (χ1) is 13.8. The van der Waals surface area contributed by atoms with Gasteiger partial charge in [-0.3, -0.25) is 18.3 Å². The summed E-state index contributed by atoms with van der Waals surface area (Å²) in [5.41, 5.74) is 2.13. The average Bonchev–Trinajstić information content (AvgIpc) is 3.21. The maximum atomic E-state index is 13.2. The second-order valence-electron chi connectivity index (χ2n) is 7.06. The van der Waals surface area contributed by atoms with E-state index in [9.17, 15) is 14.4 Å². The van der Waals surface area contributed by atoms with Gasteiger partial charge >= 0.3 is 11.7 Å². The Labute approximate surface area is 165 Å². The van der Waals surface area contributed by atoms with Gasteiger partial charge in [-0.1, -0.05) is 18.2 Å². The molecule has 0 unspecified atom stereocenters. The summed E-state index contributed by atoms with van der Waals surface area (Å²) in [6, 6.07) is 6.79. The minimum Gasteiger partial charge on any atom is -0.467 e. The predicted molar refractivity (Wildman–Crippen MR) is 108 cm³/mol. The molecule has 0 N–H and O–H groups in total. The number of ether oxygens (including phenoxy) is 1. The number of imidazole rings is 2. The third-order valence-corrected chi connectivity index (χ3v) is 5.26. The van der Waals surface area contributed by atoms with Gasteiger partial charge in [-0.15, -0.1) is 0 Å². The molecule has 0 fully saturated rings. The van der Waals surface area contributed by atoms with E-state index in [0.717, 1.165) is 21.5 Å². The van der Waals surface area contributed by atoms with E-state index in [1.165, 1.54) is 25.6 Å². The van der Waals surface area contributed by atoms with Gasteiger partial charge in [-0.05, 0) is 32.4 Å². The van der Waals surface area contributed by atoms with Crippen LogP contribution in [-0.2, 0) is 16.6 Å². The lowest BCUT2D eigenvalue weighted by molar-refractivity contribution is -0.144. The van der Waals surface area contributed by atoms with Crippen molar-refractivity contribution in [1.82, 2.24) is 23.1 Å². The molecule has 0 spiro atoms. The first-order valence-corrected chi connectivity index (χ1v) is 9.13. The van der Waals surface area contributed by atoms with E-state index in [4.69, 9.17) is 4.74 Å². The highest BCUT2D eigenvalue weighted by atomic mass is 16.5. The molecule has 3 aromatic heterocycles. The van der Waals surface area contributed by atoms with Crippen molar-refractivity contribution in [2.75, 3.05) is 7.11 Å². The molecule has 150 valence electrons. The number of hydrogen-bond acceptors (Lipinski definition) is 5. The lowest BCUT2D eigenvalue weighted by Crippen LogP contribution is -2.43. The molecule has 3 heterocycles. The second kappa shape index (κ2) is 6.47. The van der Waals surface area contributed by atoms with E-state index in [1.54, 1.807) is 10.6 Å². The van der Waals surface area contributed by atoms with Crippen LogP contribution >= 0.6 is 0 Å². The largest absolute Gasteiger partial charge is 0.467 e. The van der Waals surface area contributed by atoms with Crippen molar-refractivity contribution in [1.29, 1.82) is 0 Å². The van der Waals surface area contributed by atoms with Crippen LogP contribution in [0.3, 0.4) is 0 Å². The van der Waals surface area contributed by atoms with Crippen LogP contribution in [0.2, 0.25) is 0 Å². The molecule has 0 aliphatic carbocycles. The number of aromatic nitrogens is 5. The van der Waals surface area contributed by atoms with Gasteiger partial charge in [0.2, 0.25) is 5.78 Å². The van der Waals surface area contributed by atoms with E-state index in [1.807, 2.05) is 42.7 Å². The zero-order valence-corrected chi connectivity index (χ0v) is 16.8. The van der Waals surface area contributed by atoms with Crippen LogP contribution in [0.4, 0.5) is 0 Å². The number of carbonyl (C=O) groups is 1. The van der Waals surface area contributed by atoms with Crippen molar-refractivity contribution in [2.24, 2.45) is 7.05 Å². The topological polar surface area (TPSA) is 92.5 Å². The maximum Gasteiger partial charge on any atom is 0.333 e. The fraction of sp³-hybridized carbons (Fsp3) is 0.300. The molecule has 0 radical (unpaired) electrons. The molecular weight excluding hydrogens is 374 g/mol. The van der Waals surface area contributed by atoms with Crippen molar-refractivity contribution in [3.05, 3.63) is 62.6 Å². The van der Waals surface area contributed by atoms with Crippen LogP contribution in [0, 0.1) is 13.8 Å². The fourth-order valence-corrected chi connectivity index (χ4v) is 3.71. The van der Waals surface area contributed by atoms with Crippen LogP contribution in [0.25, 0.3) is 22.6 Å². The monoisotopic (exact) mass is 395 g/mol. The molecule has 4 rings (SSSR count). The Morgan fingerprint density at radius 2 is 1.86 bits per heavy atom. The lowest BCUT2D eigenvalue weighted by atomic mass is 10.2. The van der Waals surface area contributed by atoms with Crippen molar-refractivity contribution >= 4 is 22.9 Å². The third kappa shape index (κ3) is 2.54. The smallest absolute Gasteiger partial charge is 0.333 e. The molecule has 0 saturated heterocycles. The predicted octanol–water partition coefficient (Wildman–Crippen LogP) is 1.49.